The number of amides is 4. The minimum atomic E-state index is -1.20. The molecule has 4 N–H and O–H groups in total. The number of nitrogens with zero attached hydrogens (tertiary/aromatic N) is 2. The molecule has 2 saturated heterocycles. The Kier molecular flexibility index (Phi) is 3.77. The van der Waals surface area contributed by atoms with Gasteiger partial charge in [0.05, 0.1) is 0 Å². The van der Waals surface area contributed by atoms with E-state index in [4.69, 9.17) is 10.8 Å². The molecule has 0 aromatic heterocycles. The first-order chi connectivity index (χ1) is 9.41. The average Bonchev–Trinajstić information content (AvgIpc) is 2.86. The van der Waals surface area contributed by atoms with Crippen molar-refractivity contribution in [3.05, 3.63) is 0 Å². The third-order valence-corrected chi connectivity index (χ3v) is 3.54. The lowest BCUT2D eigenvalue weighted by molar-refractivity contribution is -0.144. The van der Waals surface area contributed by atoms with Gasteiger partial charge in [0.15, 0.2) is 0 Å². The highest BCUT2D eigenvalue weighted by molar-refractivity contribution is 5.93. The van der Waals surface area contributed by atoms with E-state index in [1.807, 2.05) is 0 Å². The summed E-state index contributed by atoms with van der Waals surface area (Å²) < 4.78 is 0. The first-order valence-electron chi connectivity index (χ1n) is 6.28. The lowest BCUT2D eigenvalue weighted by Crippen LogP contribution is -2.62. The summed E-state index contributed by atoms with van der Waals surface area (Å²) in [6, 6.07) is -2.50. The van der Waals surface area contributed by atoms with Gasteiger partial charge in [-0.3, -0.25) is 14.5 Å². The molecule has 0 aromatic rings. The third-order valence-electron chi connectivity index (χ3n) is 3.54. The van der Waals surface area contributed by atoms with Crippen LogP contribution < -0.4 is 11.1 Å². The van der Waals surface area contributed by atoms with Crippen molar-refractivity contribution in [2.45, 2.75) is 24.9 Å². The smallest absolute Gasteiger partial charge is 0.328 e. The van der Waals surface area contributed by atoms with Crippen LogP contribution in [0.3, 0.4) is 0 Å². The number of piperazine rings is 1. The molecule has 2 heterocycles. The van der Waals surface area contributed by atoms with Crippen LogP contribution in [-0.2, 0) is 14.4 Å². The maximum absolute atomic E-state index is 12.4. The summed E-state index contributed by atoms with van der Waals surface area (Å²) in [6.45, 7) is -0.149. The fraction of sp³-hybridized carbons (Fsp3) is 0.636. The summed E-state index contributed by atoms with van der Waals surface area (Å²) in [6.07, 6.45) is 1.08. The van der Waals surface area contributed by atoms with Crippen molar-refractivity contribution < 1.29 is 24.3 Å². The molecule has 20 heavy (non-hydrogen) atoms. The van der Waals surface area contributed by atoms with Gasteiger partial charge in [-0.1, -0.05) is 0 Å². The molecule has 2 unspecified atom stereocenters. The number of aliphatic carboxylic acids is 1. The molecule has 2 fully saturated rings. The predicted molar refractivity (Wildman–Crippen MR) is 65.5 cm³/mol. The number of urea groups is 1. The van der Waals surface area contributed by atoms with E-state index in [1.165, 1.54) is 4.90 Å². The van der Waals surface area contributed by atoms with Gasteiger partial charge in [0.1, 0.15) is 18.6 Å². The molecule has 0 aromatic carbocycles. The lowest BCUT2D eigenvalue weighted by Gasteiger charge is -2.36. The second kappa shape index (κ2) is 5.35. The molecule has 2 atom stereocenters. The van der Waals surface area contributed by atoms with Crippen LogP contribution in [0.1, 0.15) is 12.8 Å². The highest BCUT2D eigenvalue weighted by atomic mass is 16.4. The minimum Gasteiger partial charge on any atom is -0.480 e. The Bertz CT molecular complexity index is 466. The zero-order valence-electron chi connectivity index (χ0n) is 10.7. The monoisotopic (exact) mass is 284 g/mol. The largest absolute Gasteiger partial charge is 0.480 e. The van der Waals surface area contributed by atoms with Crippen molar-refractivity contribution >= 4 is 23.8 Å². The van der Waals surface area contributed by atoms with Crippen LogP contribution in [-0.4, -0.2) is 70.4 Å². The van der Waals surface area contributed by atoms with Crippen LogP contribution in [0.4, 0.5) is 4.79 Å². The molecule has 9 nitrogen and oxygen atoms in total. The molecule has 0 spiro atoms. The van der Waals surface area contributed by atoms with Gasteiger partial charge < -0.3 is 21.1 Å². The third kappa shape index (κ3) is 2.51. The highest BCUT2D eigenvalue weighted by Crippen LogP contribution is 2.20. The number of primary amides is 1. The van der Waals surface area contributed by atoms with Crippen LogP contribution in [0.25, 0.3) is 0 Å². The van der Waals surface area contributed by atoms with E-state index in [2.05, 4.69) is 5.32 Å². The number of nitrogens with one attached hydrogen (secondary N) is 1. The summed E-state index contributed by atoms with van der Waals surface area (Å²) in [5, 5.41) is 11.5. The number of hydrogen-bond acceptors (Lipinski definition) is 4. The standard InChI is InChI=1S/C11H16N4O5/c12-9(17)6-2-1-3-14(6)11(20)15-5-8(16)13-4-7(15)10(18)19/h6-7H,1-5H2,(H2,12,17)(H,13,16)(H,18,19). The Labute approximate surface area is 114 Å². The second-order valence-electron chi connectivity index (χ2n) is 4.82. The molecule has 0 radical (unpaired) electrons. The first-order valence-corrected chi connectivity index (χ1v) is 6.28. The number of hydrogen-bond donors (Lipinski definition) is 3. The van der Waals surface area contributed by atoms with Gasteiger partial charge in [0.2, 0.25) is 11.8 Å². The Hall–Kier alpha value is -2.32. The van der Waals surface area contributed by atoms with E-state index in [-0.39, 0.29) is 13.1 Å². The van der Waals surface area contributed by atoms with Crippen LogP contribution in [0.2, 0.25) is 0 Å². The van der Waals surface area contributed by atoms with E-state index in [9.17, 15) is 19.2 Å². The quantitative estimate of drug-likeness (QED) is 0.536. The molecule has 9 heteroatoms. The Morgan fingerprint density at radius 2 is 1.95 bits per heavy atom. The normalized spacial score (nSPS) is 26.3. The lowest BCUT2D eigenvalue weighted by atomic mass is 10.2. The van der Waals surface area contributed by atoms with Gasteiger partial charge in [0.25, 0.3) is 0 Å². The molecule has 2 aliphatic rings. The van der Waals surface area contributed by atoms with Gasteiger partial charge in [-0.05, 0) is 12.8 Å². The highest BCUT2D eigenvalue weighted by Gasteiger charge is 2.41. The fourth-order valence-corrected chi connectivity index (χ4v) is 2.52. The van der Waals surface area contributed by atoms with Gasteiger partial charge >= 0.3 is 12.0 Å². The number of carboxylic acids is 1. The van der Waals surface area contributed by atoms with Gasteiger partial charge in [-0.25, -0.2) is 9.59 Å². The topological polar surface area (TPSA) is 133 Å². The predicted octanol–water partition coefficient (Wildman–Crippen LogP) is -2.06. The maximum Gasteiger partial charge on any atom is 0.328 e. The summed E-state index contributed by atoms with van der Waals surface area (Å²) in [5.74, 6) is -2.25. The van der Waals surface area contributed by atoms with Crippen LogP contribution in [0.15, 0.2) is 0 Å². The van der Waals surface area contributed by atoms with Crippen molar-refractivity contribution in [1.29, 1.82) is 0 Å². The molecular formula is C11H16N4O5. The molecule has 4 amide bonds. The van der Waals surface area contributed by atoms with E-state index in [0.717, 1.165) is 4.90 Å². The van der Waals surface area contributed by atoms with E-state index in [1.54, 1.807) is 0 Å². The zero-order valence-corrected chi connectivity index (χ0v) is 10.7. The van der Waals surface area contributed by atoms with Crippen LogP contribution in [0, 0.1) is 0 Å². The Balaban J connectivity index is 2.18. The molecule has 0 saturated carbocycles. The first kappa shape index (κ1) is 14.1. The number of likely N-dealkylation sites (tertiary alicyclic amines) is 1. The summed E-state index contributed by atoms with van der Waals surface area (Å²) >= 11 is 0. The van der Waals surface area contributed by atoms with Crippen molar-refractivity contribution in [3.8, 4) is 0 Å². The molecule has 0 aliphatic carbocycles. The Morgan fingerprint density at radius 1 is 1.25 bits per heavy atom. The molecule has 0 bridgehead atoms. The molecular weight excluding hydrogens is 268 g/mol. The van der Waals surface area contributed by atoms with Crippen LogP contribution >= 0.6 is 0 Å². The molecule has 2 rings (SSSR count). The maximum atomic E-state index is 12.4. The van der Waals surface area contributed by atoms with Crippen molar-refractivity contribution in [3.63, 3.8) is 0 Å². The summed E-state index contributed by atoms with van der Waals surface area (Å²) in [5.41, 5.74) is 5.23. The number of carboxylic acid groups (broad SMARTS) is 1. The van der Waals surface area contributed by atoms with E-state index >= 15 is 0 Å². The van der Waals surface area contributed by atoms with Crippen molar-refractivity contribution in [2.75, 3.05) is 19.6 Å². The summed E-state index contributed by atoms with van der Waals surface area (Å²) in [4.78, 5) is 48.4. The average molecular weight is 284 g/mol. The number of nitrogens with two attached hydrogens (primary N) is 1. The second-order valence-corrected chi connectivity index (χ2v) is 4.82. The van der Waals surface area contributed by atoms with Crippen molar-refractivity contribution in [1.82, 2.24) is 15.1 Å². The SMILES string of the molecule is NC(=O)C1CCCN1C(=O)N1CC(=O)NCC1C(=O)O. The van der Waals surface area contributed by atoms with Gasteiger partial charge in [-0.2, -0.15) is 0 Å². The fourth-order valence-electron chi connectivity index (χ4n) is 2.52. The van der Waals surface area contributed by atoms with Gasteiger partial charge in [0, 0.05) is 13.1 Å². The summed E-state index contributed by atoms with van der Waals surface area (Å²) in [7, 11) is 0. The molecule has 2 aliphatic heterocycles. The van der Waals surface area contributed by atoms with Crippen molar-refractivity contribution in [2.24, 2.45) is 5.73 Å². The van der Waals surface area contributed by atoms with E-state index < -0.39 is 35.9 Å². The number of rotatable bonds is 2. The number of carbonyl (C=O) groups is 4. The van der Waals surface area contributed by atoms with Crippen LogP contribution in [0.5, 0.6) is 0 Å². The zero-order chi connectivity index (χ0) is 14.9. The van der Waals surface area contributed by atoms with Gasteiger partial charge in [-0.15, -0.1) is 0 Å². The minimum absolute atomic E-state index is 0.144. The number of carbonyl (C=O) groups excluding carboxylic acids is 3. The Morgan fingerprint density at radius 3 is 2.55 bits per heavy atom. The van der Waals surface area contributed by atoms with E-state index in [0.29, 0.717) is 19.4 Å². The molecule has 110 valence electrons.